The Balaban J connectivity index is 1.95. The molecule has 130 valence electrons. The van der Waals surface area contributed by atoms with E-state index in [1.54, 1.807) is 4.90 Å². The summed E-state index contributed by atoms with van der Waals surface area (Å²) in [4.78, 5) is 19.8. The minimum Gasteiger partial charge on any atom is -0.287 e. The quantitative estimate of drug-likeness (QED) is 0.469. The van der Waals surface area contributed by atoms with Crippen molar-refractivity contribution in [1.29, 1.82) is 0 Å². The van der Waals surface area contributed by atoms with Crippen LogP contribution in [0.2, 0.25) is 0 Å². The van der Waals surface area contributed by atoms with E-state index in [1.165, 1.54) is 22.5 Å². The summed E-state index contributed by atoms with van der Waals surface area (Å²) in [5.41, 5.74) is 1.10. The predicted octanol–water partition coefficient (Wildman–Crippen LogP) is 5.31. The highest BCUT2D eigenvalue weighted by molar-refractivity contribution is 8.18. The monoisotopic (exact) mass is 360 g/mol. The van der Waals surface area contributed by atoms with E-state index in [0.717, 1.165) is 26.4 Å². The molecule has 1 aliphatic heterocycles. The molecule has 0 bridgehead atoms. The average molecular weight is 360 g/mol. The van der Waals surface area contributed by atoms with Gasteiger partial charge in [0.15, 0.2) is 5.17 Å². The van der Waals surface area contributed by atoms with Crippen LogP contribution >= 0.6 is 11.8 Å². The summed E-state index contributed by atoms with van der Waals surface area (Å²) in [6.07, 6.45) is 2.04. The van der Waals surface area contributed by atoms with Gasteiger partial charge in [-0.25, -0.2) is 0 Å². The molecule has 1 saturated heterocycles. The Bertz CT molecular complexity index is 1010. The number of nitrogens with zero attached hydrogens (tertiary/aromatic N) is 2. The molecule has 3 aromatic rings. The number of amidine groups is 1. The van der Waals surface area contributed by atoms with Crippen LogP contribution in [-0.2, 0) is 4.79 Å². The van der Waals surface area contributed by atoms with E-state index >= 15 is 0 Å². The fraction of sp³-hybridized carbons (Fsp3) is 0.182. The maximum absolute atomic E-state index is 12.9. The standard InChI is InChI=1S/C22H20N2OS/c1-3-23-22-24(4-2)21(25)20(26-22)14-19-17-11-7-5-9-15(17)13-16-10-6-8-12-18(16)19/h5-14H,3-4H2,1-2H3/b20-14-,23-22?. The second-order valence-corrected chi connectivity index (χ2v) is 7.16. The molecular formula is C22H20N2OS. The van der Waals surface area contributed by atoms with E-state index in [1.807, 2.05) is 44.2 Å². The van der Waals surface area contributed by atoms with Crippen molar-refractivity contribution in [3.8, 4) is 0 Å². The van der Waals surface area contributed by atoms with Gasteiger partial charge in [-0.15, -0.1) is 0 Å². The molecule has 1 amide bonds. The molecule has 26 heavy (non-hydrogen) atoms. The van der Waals surface area contributed by atoms with E-state index in [0.29, 0.717) is 13.1 Å². The van der Waals surface area contributed by atoms with Crippen LogP contribution in [-0.4, -0.2) is 29.1 Å². The number of hydrogen-bond donors (Lipinski definition) is 0. The second-order valence-electron chi connectivity index (χ2n) is 6.15. The summed E-state index contributed by atoms with van der Waals surface area (Å²) in [6, 6.07) is 18.9. The molecule has 0 aromatic heterocycles. The number of fused-ring (bicyclic) bond motifs is 2. The molecular weight excluding hydrogens is 340 g/mol. The van der Waals surface area contributed by atoms with Crippen LogP contribution in [0.1, 0.15) is 19.4 Å². The molecule has 1 fully saturated rings. The molecule has 0 N–H and O–H groups in total. The number of hydrogen-bond acceptors (Lipinski definition) is 3. The normalized spacial score (nSPS) is 17.9. The van der Waals surface area contributed by atoms with E-state index in [2.05, 4.69) is 35.3 Å². The summed E-state index contributed by atoms with van der Waals surface area (Å²) in [5, 5.41) is 5.49. The molecule has 0 unspecified atom stereocenters. The van der Waals surface area contributed by atoms with Crippen molar-refractivity contribution < 1.29 is 4.79 Å². The van der Waals surface area contributed by atoms with Crippen molar-refractivity contribution >= 4 is 50.5 Å². The van der Waals surface area contributed by atoms with Crippen LogP contribution in [0.15, 0.2) is 64.5 Å². The summed E-state index contributed by atoms with van der Waals surface area (Å²) in [7, 11) is 0. The summed E-state index contributed by atoms with van der Waals surface area (Å²) in [6.45, 7) is 5.29. The minimum atomic E-state index is 0.0433. The van der Waals surface area contributed by atoms with Crippen molar-refractivity contribution in [3.05, 3.63) is 65.1 Å². The third-order valence-electron chi connectivity index (χ3n) is 4.59. The lowest BCUT2D eigenvalue weighted by atomic mass is 9.96. The Morgan fingerprint density at radius 2 is 1.62 bits per heavy atom. The molecule has 3 aromatic carbocycles. The van der Waals surface area contributed by atoms with Crippen molar-refractivity contribution in [2.75, 3.05) is 13.1 Å². The Kier molecular flexibility index (Phi) is 4.51. The molecule has 1 heterocycles. The first kappa shape index (κ1) is 16.9. The third kappa shape index (κ3) is 2.80. The first-order valence-corrected chi connectivity index (χ1v) is 9.71. The van der Waals surface area contributed by atoms with Crippen LogP contribution in [0, 0.1) is 0 Å². The highest BCUT2D eigenvalue weighted by Gasteiger charge is 2.32. The lowest BCUT2D eigenvalue weighted by molar-refractivity contribution is -0.122. The molecule has 4 rings (SSSR count). The number of benzene rings is 3. The molecule has 0 radical (unpaired) electrons. The Morgan fingerprint density at radius 1 is 1.00 bits per heavy atom. The van der Waals surface area contributed by atoms with Gasteiger partial charge in [-0.1, -0.05) is 48.5 Å². The molecule has 4 heteroatoms. The van der Waals surface area contributed by atoms with Crippen LogP contribution in [0.3, 0.4) is 0 Å². The van der Waals surface area contributed by atoms with Gasteiger partial charge in [-0.3, -0.25) is 14.7 Å². The van der Waals surface area contributed by atoms with E-state index in [4.69, 9.17) is 0 Å². The summed E-state index contributed by atoms with van der Waals surface area (Å²) < 4.78 is 0. The molecule has 0 saturated carbocycles. The maximum atomic E-state index is 12.9. The van der Waals surface area contributed by atoms with E-state index < -0.39 is 0 Å². The van der Waals surface area contributed by atoms with Gasteiger partial charge in [0.25, 0.3) is 5.91 Å². The topological polar surface area (TPSA) is 32.7 Å². The van der Waals surface area contributed by atoms with E-state index in [-0.39, 0.29) is 5.91 Å². The SMILES string of the molecule is CCN=C1S/C(=C\c2c3ccccc3cc3ccccc23)C(=O)N1CC. The zero-order valence-corrected chi connectivity index (χ0v) is 15.7. The number of aliphatic imine (C=N–C) groups is 1. The molecule has 3 nitrogen and oxygen atoms in total. The number of rotatable bonds is 3. The zero-order valence-electron chi connectivity index (χ0n) is 14.9. The molecule has 0 aliphatic carbocycles. The van der Waals surface area contributed by atoms with Gasteiger partial charge in [-0.05, 0) is 64.9 Å². The second kappa shape index (κ2) is 6.96. The van der Waals surface area contributed by atoms with Crippen molar-refractivity contribution in [3.63, 3.8) is 0 Å². The first-order chi connectivity index (χ1) is 12.7. The van der Waals surface area contributed by atoms with Crippen LogP contribution in [0.4, 0.5) is 0 Å². The maximum Gasteiger partial charge on any atom is 0.266 e. The number of thioether (sulfide) groups is 1. The highest BCUT2D eigenvalue weighted by atomic mass is 32.2. The number of likely N-dealkylation sites (N-methyl/N-ethyl adjacent to an activating group) is 1. The molecule has 0 atom stereocenters. The third-order valence-corrected chi connectivity index (χ3v) is 5.63. The van der Waals surface area contributed by atoms with Gasteiger partial charge < -0.3 is 0 Å². The zero-order chi connectivity index (χ0) is 18.1. The van der Waals surface area contributed by atoms with E-state index in [9.17, 15) is 4.79 Å². The van der Waals surface area contributed by atoms with Crippen molar-refractivity contribution in [2.24, 2.45) is 4.99 Å². The Morgan fingerprint density at radius 3 is 2.19 bits per heavy atom. The van der Waals surface area contributed by atoms with Gasteiger partial charge in [0.2, 0.25) is 0 Å². The van der Waals surface area contributed by atoms with Crippen molar-refractivity contribution in [2.45, 2.75) is 13.8 Å². The first-order valence-electron chi connectivity index (χ1n) is 8.89. The fourth-order valence-corrected chi connectivity index (χ4v) is 4.46. The molecule has 0 spiro atoms. The van der Waals surface area contributed by atoms with Crippen molar-refractivity contribution in [1.82, 2.24) is 4.90 Å². The molecule has 1 aliphatic rings. The average Bonchev–Trinajstić information content (AvgIpc) is 2.96. The number of amides is 1. The Labute approximate surface area is 157 Å². The Hall–Kier alpha value is -2.59. The minimum absolute atomic E-state index is 0.0433. The van der Waals surface area contributed by atoms with Crippen LogP contribution in [0.5, 0.6) is 0 Å². The van der Waals surface area contributed by atoms with Gasteiger partial charge >= 0.3 is 0 Å². The lowest BCUT2D eigenvalue weighted by Gasteiger charge is -2.11. The fourth-order valence-electron chi connectivity index (χ4n) is 3.38. The number of carbonyl (C=O) groups is 1. The van der Waals surface area contributed by atoms with Gasteiger partial charge in [0, 0.05) is 13.1 Å². The van der Waals surface area contributed by atoms with Gasteiger partial charge in [-0.2, -0.15) is 0 Å². The van der Waals surface area contributed by atoms with Gasteiger partial charge in [0.05, 0.1) is 4.91 Å². The smallest absolute Gasteiger partial charge is 0.266 e. The largest absolute Gasteiger partial charge is 0.287 e. The summed E-state index contributed by atoms with van der Waals surface area (Å²) in [5.74, 6) is 0.0433. The highest BCUT2D eigenvalue weighted by Crippen LogP contribution is 2.36. The predicted molar refractivity (Wildman–Crippen MR) is 112 cm³/mol. The van der Waals surface area contributed by atoms with Crippen LogP contribution < -0.4 is 0 Å². The summed E-state index contributed by atoms with van der Waals surface area (Å²) >= 11 is 1.48. The number of carbonyl (C=O) groups excluding carboxylic acids is 1. The lowest BCUT2D eigenvalue weighted by Crippen LogP contribution is -2.28. The van der Waals surface area contributed by atoms with Crippen LogP contribution in [0.25, 0.3) is 27.6 Å². The van der Waals surface area contributed by atoms with Gasteiger partial charge in [0.1, 0.15) is 0 Å².